The van der Waals surface area contributed by atoms with Gasteiger partial charge < -0.3 is 24.6 Å². The van der Waals surface area contributed by atoms with Crippen LogP contribution in [-0.2, 0) is 0 Å². The molecule has 1 fully saturated rings. The Morgan fingerprint density at radius 1 is 1.15 bits per heavy atom. The van der Waals surface area contributed by atoms with Crippen LogP contribution in [0.3, 0.4) is 0 Å². The monoisotopic (exact) mass is 281 g/mol. The molecule has 112 valence electrons. The second-order valence-electron chi connectivity index (χ2n) is 5.47. The fraction of sp³-hybridized carbons (Fsp3) is 0.600. The number of hydrogen-bond acceptors (Lipinski definition) is 5. The average molecular weight is 281 g/mol. The standard InChI is InChI=1S/C15H23NO4/c1-15(9-17,16-11-4-5-11)10-20-14-7-12(18-2)6-13(8-14)19-3/h6-8,11,16-17H,4-5,9-10H2,1-3H3. The van der Waals surface area contributed by atoms with Crippen molar-refractivity contribution in [3.05, 3.63) is 18.2 Å². The number of ether oxygens (including phenoxy) is 3. The highest BCUT2D eigenvalue weighted by Crippen LogP contribution is 2.28. The number of rotatable bonds is 8. The van der Waals surface area contributed by atoms with Crippen molar-refractivity contribution in [1.29, 1.82) is 0 Å². The fourth-order valence-electron chi connectivity index (χ4n) is 1.96. The van der Waals surface area contributed by atoms with E-state index in [1.54, 1.807) is 32.4 Å². The molecule has 1 aliphatic carbocycles. The lowest BCUT2D eigenvalue weighted by Crippen LogP contribution is -2.51. The van der Waals surface area contributed by atoms with E-state index in [4.69, 9.17) is 14.2 Å². The third kappa shape index (κ3) is 4.02. The van der Waals surface area contributed by atoms with Crippen molar-refractivity contribution in [3.63, 3.8) is 0 Å². The summed E-state index contributed by atoms with van der Waals surface area (Å²) in [5, 5.41) is 13.0. The van der Waals surface area contributed by atoms with Gasteiger partial charge in [-0.1, -0.05) is 0 Å². The van der Waals surface area contributed by atoms with Crippen LogP contribution in [0.1, 0.15) is 19.8 Å². The van der Waals surface area contributed by atoms with Crippen LogP contribution in [0.4, 0.5) is 0 Å². The Balaban J connectivity index is 2.00. The van der Waals surface area contributed by atoms with Crippen LogP contribution in [0.5, 0.6) is 17.2 Å². The molecule has 5 heteroatoms. The summed E-state index contributed by atoms with van der Waals surface area (Å²) in [7, 11) is 3.20. The molecule has 0 saturated heterocycles. The van der Waals surface area contributed by atoms with Gasteiger partial charge in [0.1, 0.15) is 23.9 Å². The largest absolute Gasteiger partial charge is 0.496 e. The molecule has 0 radical (unpaired) electrons. The van der Waals surface area contributed by atoms with E-state index in [1.807, 2.05) is 6.92 Å². The molecule has 1 aromatic rings. The number of methoxy groups -OCH3 is 2. The molecular weight excluding hydrogens is 258 g/mol. The minimum Gasteiger partial charge on any atom is -0.496 e. The van der Waals surface area contributed by atoms with Gasteiger partial charge in [0.05, 0.1) is 26.4 Å². The van der Waals surface area contributed by atoms with Gasteiger partial charge in [-0.3, -0.25) is 0 Å². The first-order valence-corrected chi connectivity index (χ1v) is 6.83. The predicted octanol–water partition coefficient (Wildman–Crippen LogP) is 1.59. The molecule has 1 aliphatic rings. The first-order valence-electron chi connectivity index (χ1n) is 6.83. The summed E-state index contributed by atoms with van der Waals surface area (Å²) in [6, 6.07) is 5.91. The summed E-state index contributed by atoms with van der Waals surface area (Å²) in [6.07, 6.45) is 2.34. The summed E-state index contributed by atoms with van der Waals surface area (Å²) >= 11 is 0. The van der Waals surface area contributed by atoms with Gasteiger partial charge in [-0.15, -0.1) is 0 Å². The summed E-state index contributed by atoms with van der Waals surface area (Å²) < 4.78 is 16.2. The second kappa shape index (κ2) is 6.33. The maximum atomic E-state index is 9.55. The van der Waals surface area contributed by atoms with Crippen LogP contribution >= 0.6 is 0 Å². The van der Waals surface area contributed by atoms with Crippen molar-refractivity contribution in [2.45, 2.75) is 31.3 Å². The molecule has 0 aliphatic heterocycles. The molecule has 0 aromatic heterocycles. The van der Waals surface area contributed by atoms with E-state index in [0.717, 1.165) is 0 Å². The number of benzene rings is 1. The third-order valence-electron chi connectivity index (χ3n) is 3.36. The maximum Gasteiger partial charge on any atom is 0.126 e. The zero-order valence-electron chi connectivity index (χ0n) is 12.3. The van der Waals surface area contributed by atoms with E-state index < -0.39 is 5.54 Å². The van der Waals surface area contributed by atoms with E-state index in [2.05, 4.69) is 5.32 Å². The third-order valence-corrected chi connectivity index (χ3v) is 3.36. The highest BCUT2D eigenvalue weighted by molar-refractivity contribution is 5.42. The summed E-state index contributed by atoms with van der Waals surface area (Å²) in [5.74, 6) is 2.03. The van der Waals surface area contributed by atoms with Crippen LogP contribution in [-0.4, -0.2) is 44.1 Å². The van der Waals surface area contributed by atoms with Crippen molar-refractivity contribution >= 4 is 0 Å². The highest BCUT2D eigenvalue weighted by atomic mass is 16.5. The molecule has 2 N–H and O–H groups in total. The van der Waals surface area contributed by atoms with E-state index in [1.165, 1.54) is 12.8 Å². The molecule has 20 heavy (non-hydrogen) atoms. The quantitative estimate of drug-likeness (QED) is 0.757. The van der Waals surface area contributed by atoms with E-state index >= 15 is 0 Å². The Morgan fingerprint density at radius 3 is 2.15 bits per heavy atom. The van der Waals surface area contributed by atoms with E-state index in [-0.39, 0.29) is 6.61 Å². The van der Waals surface area contributed by atoms with Crippen molar-refractivity contribution in [3.8, 4) is 17.2 Å². The van der Waals surface area contributed by atoms with Gasteiger partial charge >= 0.3 is 0 Å². The molecule has 0 amide bonds. The van der Waals surface area contributed by atoms with Crippen molar-refractivity contribution < 1.29 is 19.3 Å². The van der Waals surface area contributed by atoms with E-state index in [9.17, 15) is 5.11 Å². The second-order valence-corrected chi connectivity index (χ2v) is 5.47. The molecule has 1 unspecified atom stereocenters. The Labute approximate surface area is 119 Å². The topological polar surface area (TPSA) is 60.0 Å². The van der Waals surface area contributed by atoms with Crippen LogP contribution in [0, 0.1) is 0 Å². The fourth-order valence-corrected chi connectivity index (χ4v) is 1.96. The molecule has 5 nitrogen and oxygen atoms in total. The zero-order chi connectivity index (χ0) is 14.6. The number of nitrogens with one attached hydrogen (secondary N) is 1. The average Bonchev–Trinajstić information content (AvgIpc) is 3.28. The summed E-state index contributed by atoms with van der Waals surface area (Å²) in [6.45, 7) is 2.38. The van der Waals surface area contributed by atoms with Gasteiger partial charge in [-0.2, -0.15) is 0 Å². The zero-order valence-corrected chi connectivity index (χ0v) is 12.3. The summed E-state index contributed by atoms with van der Waals surface area (Å²) in [4.78, 5) is 0. The van der Waals surface area contributed by atoms with Crippen LogP contribution in [0.2, 0.25) is 0 Å². The van der Waals surface area contributed by atoms with Gasteiger partial charge in [0.2, 0.25) is 0 Å². The minimum atomic E-state index is -0.433. The number of aliphatic hydroxyl groups is 1. The van der Waals surface area contributed by atoms with Gasteiger partial charge in [0.25, 0.3) is 0 Å². The highest BCUT2D eigenvalue weighted by Gasteiger charge is 2.32. The van der Waals surface area contributed by atoms with Gasteiger partial charge in [-0.25, -0.2) is 0 Å². The normalized spacial score (nSPS) is 17.4. The molecule has 0 heterocycles. The lowest BCUT2D eigenvalue weighted by atomic mass is 10.1. The SMILES string of the molecule is COc1cc(OC)cc(OCC(C)(CO)NC2CC2)c1. The first kappa shape index (κ1) is 14.9. The molecule has 1 atom stereocenters. The lowest BCUT2D eigenvalue weighted by molar-refractivity contribution is 0.114. The molecule has 0 bridgehead atoms. The van der Waals surface area contributed by atoms with Crippen LogP contribution in [0.15, 0.2) is 18.2 Å². The predicted molar refractivity (Wildman–Crippen MR) is 76.7 cm³/mol. The molecule has 1 saturated carbocycles. The van der Waals surface area contributed by atoms with Crippen molar-refractivity contribution in [2.75, 3.05) is 27.4 Å². The van der Waals surface area contributed by atoms with Crippen LogP contribution in [0.25, 0.3) is 0 Å². The van der Waals surface area contributed by atoms with Gasteiger partial charge in [0.15, 0.2) is 0 Å². The molecular formula is C15H23NO4. The Kier molecular flexibility index (Phi) is 4.73. The molecule has 2 rings (SSSR count). The smallest absolute Gasteiger partial charge is 0.126 e. The van der Waals surface area contributed by atoms with Gasteiger partial charge in [0, 0.05) is 24.2 Å². The summed E-state index contributed by atoms with van der Waals surface area (Å²) in [5.41, 5.74) is -0.433. The van der Waals surface area contributed by atoms with Crippen molar-refractivity contribution in [1.82, 2.24) is 5.32 Å². The minimum absolute atomic E-state index is 0.0323. The Morgan fingerprint density at radius 2 is 1.70 bits per heavy atom. The Hall–Kier alpha value is -1.46. The van der Waals surface area contributed by atoms with E-state index in [0.29, 0.717) is 29.9 Å². The van der Waals surface area contributed by atoms with Crippen molar-refractivity contribution in [2.24, 2.45) is 0 Å². The number of aliphatic hydroxyl groups excluding tert-OH is 1. The molecule has 0 spiro atoms. The van der Waals surface area contributed by atoms with Gasteiger partial charge in [-0.05, 0) is 19.8 Å². The first-order chi connectivity index (χ1) is 9.58. The van der Waals surface area contributed by atoms with Crippen LogP contribution < -0.4 is 19.5 Å². The molecule has 1 aromatic carbocycles. The maximum absolute atomic E-state index is 9.55. The Bertz CT molecular complexity index is 425. The lowest BCUT2D eigenvalue weighted by Gasteiger charge is -2.29. The number of hydrogen-bond donors (Lipinski definition) is 2.